The highest BCUT2D eigenvalue weighted by Gasteiger charge is 2.23. The van der Waals surface area contributed by atoms with E-state index in [9.17, 15) is 9.59 Å². The van der Waals surface area contributed by atoms with Gasteiger partial charge in [0.05, 0.1) is 13.2 Å². The molecular formula is C14H21N3O3. The molecule has 1 aromatic rings. The van der Waals surface area contributed by atoms with Gasteiger partial charge in [0.2, 0.25) is 0 Å². The van der Waals surface area contributed by atoms with Crippen molar-refractivity contribution in [2.45, 2.75) is 26.3 Å². The Morgan fingerprint density at radius 2 is 2.30 bits per heavy atom. The highest BCUT2D eigenvalue weighted by Crippen LogP contribution is 2.16. The molecule has 1 unspecified atom stereocenters. The maximum atomic E-state index is 12.4. The molecule has 2 rings (SSSR count). The largest absolute Gasteiger partial charge is 0.383 e. The number of methoxy groups -OCH3 is 1. The van der Waals surface area contributed by atoms with E-state index in [-0.39, 0.29) is 11.5 Å². The molecule has 1 amide bonds. The summed E-state index contributed by atoms with van der Waals surface area (Å²) in [7, 11) is 1.56. The second-order valence-corrected chi connectivity index (χ2v) is 5.27. The SMILES string of the molecule is COCCn1nc(C(=O)N2CCCC(C)C2)ccc1=O. The van der Waals surface area contributed by atoms with Crippen LogP contribution in [0.15, 0.2) is 16.9 Å². The molecule has 0 aromatic carbocycles. The summed E-state index contributed by atoms with van der Waals surface area (Å²) >= 11 is 0. The summed E-state index contributed by atoms with van der Waals surface area (Å²) in [4.78, 5) is 25.9. The van der Waals surface area contributed by atoms with Crippen molar-refractivity contribution in [3.8, 4) is 0 Å². The van der Waals surface area contributed by atoms with Crippen molar-refractivity contribution in [1.29, 1.82) is 0 Å². The zero-order valence-electron chi connectivity index (χ0n) is 12.0. The lowest BCUT2D eigenvalue weighted by Gasteiger charge is -2.30. The summed E-state index contributed by atoms with van der Waals surface area (Å²) < 4.78 is 6.22. The first-order valence-electron chi connectivity index (χ1n) is 6.98. The normalized spacial score (nSPS) is 19.1. The minimum absolute atomic E-state index is 0.0947. The maximum absolute atomic E-state index is 12.4. The topological polar surface area (TPSA) is 64.4 Å². The second kappa shape index (κ2) is 6.65. The number of aromatic nitrogens is 2. The molecule has 20 heavy (non-hydrogen) atoms. The summed E-state index contributed by atoms with van der Waals surface area (Å²) in [6.07, 6.45) is 2.18. The van der Waals surface area contributed by atoms with Crippen LogP contribution in [0, 0.1) is 5.92 Å². The molecule has 0 spiro atoms. The highest BCUT2D eigenvalue weighted by molar-refractivity contribution is 5.92. The van der Waals surface area contributed by atoms with Gasteiger partial charge < -0.3 is 9.64 Å². The molecule has 1 aromatic heterocycles. The van der Waals surface area contributed by atoms with Crippen LogP contribution in [0.1, 0.15) is 30.3 Å². The third-order valence-electron chi connectivity index (χ3n) is 3.54. The molecule has 0 saturated carbocycles. The highest BCUT2D eigenvalue weighted by atomic mass is 16.5. The van der Waals surface area contributed by atoms with Crippen LogP contribution in [0.5, 0.6) is 0 Å². The van der Waals surface area contributed by atoms with E-state index in [0.717, 1.165) is 25.9 Å². The molecular weight excluding hydrogens is 258 g/mol. The predicted octanol–water partition coefficient (Wildman–Crippen LogP) is 0.762. The lowest BCUT2D eigenvalue weighted by Crippen LogP contribution is -2.40. The van der Waals surface area contributed by atoms with Gasteiger partial charge >= 0.3 is 0 Å². The number of carbonyl (C=O) groups is 1. The number of rotatable bonds is 4. The van der Waals surface area contributed by atoms with Gasteiger partial charge in [-0.3, -0.25) is 9.59 Å². The fourth-order valence-corrected chi connectivity index (χ4v) is 2.44. The Balaban J connectivity index is 2.15. The van der Waals surface area contributed by atoms with Gasteiger partial charge in [-0.25, -0.2) is 4.68 Å². The molecule has 1 atom stereocenters. The molecule has 0 radical (unpaired) electrons. The summed E-state index contributed by atoms with van der Waals surface area (Å²) in [5.74, 6) is 0.426. The van der Waals surface area contributed by atoms with E-state index in [0.29, 0.717) is 24.8 Å². The first-order chi connectivity index (χ1) is 9.61. The van der Waals surface area contributed by atoms with E-state index in [1.807, 2.05) is 4.90 Å². The van der Waals surface area contributed by atoms with Gasteiger partial charge in [-0.05, 0) is 24.8 Å². The van der Waals surface area contributed by atoms with Crippen LogP contribution in [0.25, 0.3) is 0 Å². The van der Waals surface area contributed by atoms with E-state index in [1.165, 1.54) is 16.8 Å². The van der Waals surface area contributed by atoms with Crippen molar-refractivity contribution in [3.05, 3.63) is 28.2 Å². The number of likely N-dealkylation sites (tertiary alicyclic amines) is 1. The molecule has 0 N–H and O–H groups in total. The van der Waals surface area contributed by atoms with Crippen molar-refractivity contribution in [3.63, 3.8) is 0 Å². The molecule has 110 valence electrons. The zero-order valence-corrected chi connectivity index (χ0v) is 12.0. The minimum atomic E-state index is -0.217. The summed E-state index contributed by atoms with van der Waals surface area (Å²) in [5, 5.41) is 4.14. The Labute approximate surface area is 118 Å². The third-order valence-corrected chi connectivity index (χ3v) is 3.54. The number of nitrogens with zero attached hydrogens (tertiary/aromatic N) is 3. The van der Waals surface area contributed by atoms with Crippen molar-refractivity contribution in [1.82, 2.24) is 14.7 Å². The average Bonchev–Trinajstić information content (AvgIpc) is 2.45. The zero-order chi connectivity index (χ0) is 14.5. The van der Waals surface area contributed by atoms with Crippen molar-refractivity contribution >= 4 is 5.91 Å². The number of piperidine rings is 1. The number of amides is 1. The van der Waals surface area contributed by atoms with Gasteiger partial charge in [0.15, 0.2) is 0 Å². The number of hydrogen-bond acceptors (Lipinski definition) is 4. The molecule has 0 aliphatic carbocycles. The van der Waals surface area contributed by atoms with Crippen molar-refractivity contribution in [2.24, 2.45) is 5.92 Å². The van der Waals surface area contributed by atoms with Crippen LogP contribution in [0.4, 0.5) is 0 Å². The van der Waals surface area contributed by atoms with Crippen LogP contribution < -0.4 is 5.56 Å². The van der Waals surface area contributed by atoms with E-state index in [2.05, 4.69) is 12.0 Å². The van der Waals surface area contributed by atoms with Gasteiger partial charge in [-0.15, -0.1) is 0 Å². The van der Waals surface area contributed by atoms with Crippen LogP contribution in [0.2, 0.25) is 0 Å². The van der Waals surface area contributed by atoms with Crippen molar-refractivity contribution in [2.75, 3.05) is 26.8 Å². The molecule has 2 heterocycles. The summed E-state index contributed by atoms with van der Waals surface area (Å²) in [6, 6.07) is 2.90. The first kappa shape index (κ1) is 14.7. The third kappa shape index (κ3) is 3.45. The van der Waals surface area contributed by atoms with E-state index >= 15 is 0 Å². The van der Waals surface area contributed by atoms with Gasteiger partial charge in [0.1, 0.15) is 5.69 Å². The van der Waals surface area contributed by atoms with Gasteiger partial charge in [0.25, 0.3) is 11.5 Å². The fraction of sp³-hybridized carbons (Fsp3) is 0.643. The summed E-state index contributed by atoms with van der Waals surface area (Å²) in [5.41, 5.74) is 0.111. The van der Waals surface area contributed by atoms with Gasteiger partial charge in [-0.2, -0.15) is 5.10 Å². The quantitative estimate of drug-likeness (QED) is 0.816. The Morgan fingerprint density at radius 3 is 3.00 bits per heavy atom. The molecule has 1 aliphatic heterocycles. The Bertz CT molecular complexity index is 527. The summed E-state index contributed by atoms with van der Waals surface area (Å²) in [6.45, 7) is 4.42. The standard InChI is InChI=1S/C14H21N3O3/c1-11-4-3-7-16(10-11)14(19)12-5-6-13(18)17(15-12)8-9-20-2/h5-6,11H,3-4,7-10H2,1-2H3. The van der Waals surface area contributed by atoms with Crippen LogP contribution in [0.3, 0.4) is 0 Å². The number of carbonyl (C=O) groups excluding carboxylic acids is 1. The second-order valence-electron chi connectivity index (χ2n) is 5.27. The monoisotopic (exact) mass is 279 g/mol. The van der Waals surface area contributed by atoms with Crippen LogP contribution in [-0.4, -0.2) is 47.4 Å². The average molecular weight is 279 g/mol. The van der Waals surface area contributed by atoms with Crippen molar-refractivity contribution < 1.29 is 9.53 Å². The van der Waals surface area contributed by atoms with Crippen LogP contribution in [-0.2, 0) is 11.3 Å². The lowest BCUT2D eigenvalue weighted by molar-refractivity contribution is 0.0673. The predicted molar refractivity (Wildman–Crippen MR) is 74.7 cm³/mol. The molecule has 6 heteroatoms. The number of hydrogen-bond donors (Lipinski definition) is 0. The van der Waals surface area contributed by atoms with Gasteiger partial charge in [-0.1, -0.05) is 6.92 Å². The molecule has 1 saturated heterocycles. The van der Waals surface area contributed by atoms with E-state index in [4.69, 9.17) is 4.74 Å². The van der Waals surface area contributed by atoms with E-state index < -0.39 is 0 Å². The van der Waals surface area contributed by atoms with Gasteiger partial charge in [0, 0.05) is 26.3 Å². The first-order valence-corrected chi connectivity index (χ1v) is 6.98. The Kier molecular flexibility index (Phi) is 4.89. The molecule has 1 fully saturated rings. The smallest absolute Gasteiger partial charge is 0.274 e. The number of ether oxygens (including phenoxy) is 1. The Hall–Kier alpha value is -1.69. The van der Waals surface area contributed by atoms with E-state index in [1.54, 1.807) is 7.11 Å². The van der Waals surface area contributed by atoms with Crippen LogP contribution >= 0.6 is 0 Å². The lowest BCUT2D eigenvalue weighted by atomic mass is 10.00. The minimum Gasteiger partial charge on any atom is -0.383 e. The maximum Gasteiger partial charge on any atom is 0.274 e. The Morgan fingerprint density at radius 1 is 1.50 bits per heavy atom. The molecule has 0 bridgehead atoms. The molecule has 1 aliphatic rings. The molecule has 6 nitrogen and oxygen atoms in total. The fourth-order valence-electron chi connectivity index (χ4n) is 2.44.